The largest absolute Gasteiger partial charge is 0.332 e. The molecule has 1 atom stereocenters. The zero-order valence-corrected chi connectivity index (χ0v) is 12.4. The summed E-state index contributed by atoms with van der Waals surface area (Å²) >= 11 is 11.8. The molecule has 0 radical (unpaired) electrons. The van der Waals surface area contributed by atoms with Gasteiger partial charge >= 0.3 is 0 Å². The predicted molar refractivity (Wildman–Crippen MR) is 78.6 cm³/mol. The summed E-state index contributed by atoms with van der Waals surface area (Å²) < 4.78 is 26.7. The molecule has 1 N–H and O–H groups in total. The summed E-state index contributed by atoms with van der Waals surface area (Å²) in [5.41, 5.74) is -0.236. The summed E-state index contributed by atoms with van der Waals surface area (Å²) in [4.78, 5) is 12.0. The highest BCUT2D eigenvalue weighted by Gasteiger charge is 2.21. The SMILES string of the molecule is N#CC(NC(=O)c1cc(F)ccc1F)c1cccc(Cl)c1Cl. The Morgan fingerprint density at radius 1 is 1.23 bits per heavy atom. The maximum atomic E-state index is 13.6. The van der Waals surface area contributed by atoms with E-state index in [-0.39, 0.29) is 15.6 Å². The zero-order chi connectivity index (χ0) is 16.3. The van der Waals surface area contributed by atoms with Crippen molar-refractivity contribution in [3.63, 3.8) is 0 Å². The Morgan fingerprint density at radius 3 is 2.64 bits per heavy atom. The van der Waals surface area contributed by atoms with Crippen LogP contribution in [0.15, 0.2) is 36.4 Å². The Kier molecular flexibility index (Phi) is 4.96. The highest BCUT2D eigenvalue weighted by molar-refractivity contribution is 6.42. The first-order valence-corrected chi connectivity index (χ1v) is 6.79. The Morgan fingerprint density at radius 2 is 1.95 bits per heavy atom. The first kappa shape index (κ1) is 16.2. The standard InChI is InChI=1S/C15H8Cl2F2N2O/c16-11-3-1-2-9(14(11)17)13(7-20)21-15(22)10-6-8(18)4-5-12(10)19/h1-6,13H,(H,21,22). The van der Waals surface area contributed by atoms with Crippen LogP contribution in [0.3, 0.4) is 0 Å². The molecule has 0 aliphatic heterocycles. The van der Waals surface area contributed by atoms with E-state index in [0.717, 1.165) is 18.2 Å². The van der Waals surface area contributed by atoms with Crippen LogP contribution in [0.5, 0.6) is 0 Å². The summed E-state index contributed by atoms with van der Waals surface area (Å²) in [5.74, 6) is -2.59. The van der Waals surface area contributed by atoms with Gasteiger partial charge in [0.15, 0.2) is 0 Å². The Labute approximate surface area is 135 Å². The van der Waals surface area contributed by atoms with Gasteiger partial charge in [-0.1, -0.05) is 35.3 Å². The molecule has 0 aliphatic carbocycles. The van der Waals surface area contributed by atoms with Gasteiger partial charge in [0.2, 0.25) is 0 Å². The number of amides is 1. The number of rotatable bonds is 3. The van der Waals surface area contributed by atoms with Crippen molar-refractivity contribution in [2.75, 3.05) is 0 Å². The molecule has 0 saturated heterocycles. The second-order valence-electron chi connectivity index (χ2n) is 4.30. The normalized spacial score (nSPS) is 11.6. The van der Waals surface area contributed by atoms with Gasteiger partial charge in [-0.05, 0) is 24.3 Å². The molecule has 1 unspecified atom stereocenters. The molecule has 2 rings (SSSR count). The smallest absolute Gasteiger partial charge is 0.255 e. The van der Waals surface area contributed by atoms with Crippen molar-refractivity contribution < 1.29 is 13.6 Å². The third kappa shape index (κ3) is 3.35. The van der Waals surface area contributed by atoms with Crippen molar-refractivity contribution in [1.29, 1.82) is 5.26 Å². The van der Waals surface area contributed by atoms with Crippen LogP contribution in [0.2, 0.25) is 10.0 Å². The maximum absolute atomic E-state index is 13.6. The highest BCUT2D eigenvalue weighted by Crippen LogP contribution is 2.29. The maximum Gasteiger partial charge on any atom is 0.255 e. The molecule has 7 heteroatoms. The van der Waals surface area contributed by atoms with Crippen LogP contribution >= 0.6 is 23.2 Å². The molecule has 0 bridgehead atoms. The number of nitrogens with zero attached hydrogens (tertiary/aromatic N) is 1. The van der Waals surface area contributed by atoms with Crippen LogP contribution in [0.25, 0.3) is 0 Å². The lowest BCUT2D eigenvalue weighted by molar-refractivity contribution is 0.0940. The highest BCUT2D eigenvalue weighted by atomic mass is 35.5. The number of carbonyl (C=O) groups is 1. The summed E-state index contributed by atoms with van der Waals surface area (Å²) in [7, 11) is 0. The van der Waals surface area contributed by atoms with Crippen molar-refractivity contribution in [3.8, 4) is 6.07 Å². The number of hydrogen-bond donors (Lipinski definition) is 1. The fourth-order valence-electron chi connectivity index (χ4n) is 1.80. The van der Waals surface area contributed by atoms with E-state index in [9.17, 15) is 18.8 Å². The van der Waals surface area contributed by atoms with E-state index in [4.69, 9.17) is 23.2 Å². The molecule has 0 aromatic heterocycles. The number of carbonyl (C=O) groups excluding carboxylic acids is 1. The Balaban J connectivity index is 2.31. The fourth-order valence-corrected chi connectivity index (χ4v) is 2.22. The quantitative estimate of drug-likeness (QED) is 0.907. The molecule has 112 valence electrons. The van der Waals surface area contributed by atoms with Gasteiger partial charge in [0.05, 0.1) is 21.7 Å². The van der Waals surface area contributed by atoms with Crippen molar-refractivity contribution in [3.05, 3.63) is 69.2 Å². The van der Waals surface area contributed by atoms with Gasteiger partial charge < -0.3 is 5.32 Å². The van der Waals surface area contributed by atoms with Gasteiger partial charge in [-0.3, -0.25) is 4.79 Å². The van der Waals surface area contributed by atoms with Gasteiger partial charge in [0.1, 0.15) is 17.7 Å². The molecule has 0 saturated carbocycles. The summed E-state index contributed by atoms with van der Waals surface area (Å²) in [6.07, 6.45) is 0. The van der Waals surface area contributed by atoms with Crippen LogP contribution in [-0.4, -0.2) is 5.91 Å². The summed E-state index contributed by atoms with van der Waals surface area (Å²) in [6, 6.07) is 7.74. The van der Waals surface area contributed by atoms with Gasteiger partial charge in [-0.2, -0.15) is 5.26 Å². The second-order valence-corrected chi connectivity index (χ2v) is 5.09. The lowest BCUT2D eigenvalue weighted by Crippen LogP contribution is -2.28. The minimum Gasteiger partial charge on any atom is -0.332 e. The lowest BCUT2D eigenvalue weighted by Gasteiger charge is -2.14. The van der Waals surface area contributed by atoms with Crippen molar-refractivity contribution in [1.82, 2.24) is 5.32 Å². The first-order valence-electron chi connectivity index (χ1n) is 6.03. The third-order valence-corrected chi connectivity index (χ3v) is 3.70. The molecular formula is C15H8Cl2F2N2O. The van der Waals surface area contributed by atoms with Crippen LogP contribution in [-0.2, 0) is 0 Å². The second kappa shape index (κ2) is 6.73. The molecule has 1 amide bonds. The van der Waals surface area contributed by atoms with Gasteiger partial charge in [0.25, 0.3) is 5.91 Å². The van der Waals surface area contributed by atoms with E-state index in [1.807, 2.05) is 6.07 Å². The number of hydrogen-bond acceptors (Lipinski definition) is 2. The molecule has 2 aromatic carbocycles. The molecule has 22 heavy (non-hydrogen) atoms. The molecule has 0 heterocycles. The van der Waals surface area contributed by atoms with Crippen LogP contribution in [0.4, 0.5) is 8.78 Å². The minimum atomic E-state index is -1.15. The topological polar surface area (TPSA) is 52.9 Å². The van der Waals surface area contributed by atoms with Gasteiger partial charge in [-0.15, -0.1) is 0 Å². The number of halogens is 4. The van der Waals surface area contributed by atoms with Crippen LogP contribution in [0, 0.1) is 23.0 Å². The lowest BCUT2D eigenvalue weighted by atomic mass is 10.1. The molecule has 0 fully saturated rings. The molecule has 3 nitrogen and oxygen atoms in total. The van der Waals surface area contributed by atoms with E-state index in [0.29, 0.717) is 0 Å². The molecule has 2 aromatic rings. The molecule has 0 aliphatic rings. The van der Waals surface area contributed by atoms with E-state index in [1.165, 1.54) is 12.1 Å². The number of nitriles is 1. The fraction of sp³-hybridized carbons (Fsp3) is 0.0667. The van der Waals surface area contributed by atoms with E-state index < -0.39 is 29.1 Å². The summed E-state index contributed by atoms with van der Waals surface area (Å²) in [5, 5.41) is 11.8. The van der Waals surface area contributed by atoms with Gasteiger partial charge in [-0.25, -0.2) is 8.78 Å². The zero-order valence-electron chi connectivity index (χ0n) is 10.9. The Bertz CT molecular complexity index is 775. The average Bonchev–Trinajstić information content (AvgIpc) is 2.50. The van der Waals surface area contributed by atoms with Crippen molar-refractivity contribution in [2.24, 2.45) is 0 Å². The number of nitrogens with one attached hydrogen (secondary N) is 1. The monoisotopic (exact) mass is 340 g/mol. The van der Waals surface area contributed by atoms with Crippen molar-refractivity contribution in [2.45, 2.75) is 6.04 Å². The third-order valence-electron chi connectivity index (χ3n) is 2.87. The van der Waals surface area contributed by atoms with Crippen LogP contribution in [0.1, 0.15) is 22.0 Å². The first-order chi connectivity index (χ1) is 10.4. The molecular weight excluding hydrogens is 333 g/mol. The Hall–Kier alpha value is -2.16. The van der Waals surface area contributed by atoms with E-state index in [2.05, 4.69) is 5.32 Å². The minimum absolute atomic E-state index is 0.107. The van der Waals surface area contributed by atoms with Crippen molar-refractivity contribution >= 4 is 29.1 Å². The van der Waals surface area contributed by atoms with E-state index in [1.54, 1.807) is 6.07 Å². The number of benzene rings is 2. The van der Waals surface area contributed by atoms with Crippen LogP contribution < -0.4 is 5.32 Å². The van der Waals surface area contributed by atoms with E-state index >= 15 is 0 Å². The van der Waals surface area contributed by atoms with Gasteiger partial charge in [0, 0.05) is 5.56 Å². The predicted octanol–water partition coefficient (Wildman–Crippen LogP) is 4.27. The average molecular weight is 341 g/mol. The molecule has 0 spiro atoms. The summed E-state index contributed by atoms with van der Waals surface area (Å²) in [6.45, 7) is 0.